The van der Waals surface area contributed by atoms with Crippen molar-refractivity contribution in [1.82, 2.24) is 20.4 Å². The second-order valence-electron chi connectivity index (χ2n) is 7.96. The van der Waals surface area contributed by atoms with Crippen LogP contribution in [0.15, 0.2) is 47.0 Å². The molecule has 174 valence electrons. The average molecular weight is 471 g/mol. The number of amides is 1. The highest BCUT2D eigenvalue weighted by atomic mass is 35.5. The molecule has 9 heteroatoms. The lowest BCUT2D eigenvalue weighted by Gasteiger charge is -2.30. The molecule has 1 saturated heterocycles. The molecule has 0 bridgehead atoms. The molecule has 0 aliphatic carbocycles. The number of hydrogen-bond donors (Lipinski definition) is 1. The predicted molar refractivity (Wildman–Crippen MR) is 124 cm³/mol. The van der Waals surface area contributed by atoms with E-state index in [-0.39, 0.29) is 11.8 Å². The number of piperidine rings is 1. The molecule has 33 heavy (non-hydrogen) atoms. The van der Waals surface area contributed by atoms with E-state index in [0.29, 0.717) is 47.9 Å². The number of likely N-dealkylation sites (tertiary alicyclic amines) is 1. The largest absolute Gasteiger partial charge is 0.493 e. The zero-order valence-corrected chi connectivity index (χ0v) is 19.5. The Labute approximate surface area is 197 Å². The van der Waals surface area contributed by atoms with E-state index in [1.165, 1.54) is 0 Å². The van der Waals surface area contributed by atoms with E-state index in [4.69, 9.17) is 25.6 Å². The Kier molecular flexibility index (Phi) is 7.47. The minimum atomic E-state index is -0.0884. The van der Waals surface area contributed by atoms with E-state index in [1.807, 2.05) is 36.4 Å². The van der Waals surface area contributed by atoms with Gasteiger partial charge in [-0.15, -0.1) is 0 Å². The first kappa shape index (κ1) is 23.1. The van der Waals surface area contributed by atoms with Gasteiger partial charge in [-0.1, -0.05) is 35.0 Å². The van der Waals surface area contributed by atoms with Gasteiger partial charge in [0.15, 0.2) is 11.5 Å². The van der Waals surface area contributed by atoms with Crippen LogP contribution < -0.4 is 14.8 Å². The van der Waals surface area contributed by atoms with E-state index < -0.39 is 0 Å². The summed E-state index contributed by atoms with van der Waals surface area (Å²) in [5.41, 5.74) is 1.69. The van der Waals surface area contributed by atoms with Crippen molar-refractivity contribution < 1.29 is 18.8 Å². The van der Waals surface area contributed by atoms with Gasteiger partial charge in [0.2, 0.25) is 17.6 Å². The second kappa shape index (κ2) is 10.7. The van der Waals surface area contributed by atoms with Crippen LogP contribution in [0.25, 0.3) is 11.4 Å². The summed E-state index contributed by atoms with van der Waals surface area (Å²) in [6.45, 7) is 2.44. The van der Waals surface area contributed by atoms with E-state index in [9.17, 15) is 4.79 Å². The van der Waals surface area contributed by atoms with E-state index in [0.717, 1.165) is 30.5 Å². The minimum Gasteiger partial charge on any atom is -0.493 e. The number of carbonyl (C=O) groups excluding carboxylic acids is 1. The Balaban J connectivity index is 1.35. The fourth-order valence-corrected chi connectivity index (χ4v) is 4.19. The molecule has 1 aliphatic heterocycles. The molecule has 8 nitrogen and oxygen atoms in total. The van der Waals surface area contributed by atoms with Crippen molar-refractivity contribution in [2.75, 3.05) is 27.3 Å². The van der Waals surface area contributed by atoms with Crippen LogP contribution in [0, 0.1) is 5.92 Å². The maximum Gasteiger partial charge on any atom is 0.241 e. The van der Waals surface area contributed by atoms with E-state index >= 15 is 0 Å². The molecule has 1 fully saturated rings. The van der Waals surface area contributed by atoms with E-state index in [1.54, 1.807) is 20.3 Å². The highest BCUT2D eigenvalue weighted by molar-refractivity contribution is 6.31. The molecule has 3 aromatic rings. The van der Waals surface area contributed by atoms with Crippen LogP contribution in [0.4, 0.5) is 0 Å². The molecule has 0 radical (unpaired) electrons. The first-order valence-electron chi connectivity index (χ1n) is 10.9. The number of nitrogens with one attached hydrogen (secondary N) is 1. The summed E-state index contributed by atoms with van der Waals surface area (Å²) < 4.78 is 16.1. The summed E-state index contributed by atoms with van der Waals surface area (Å²) in [7, 11) is 3.17. The summed E-state index contributed by atoms with van der Waals surface area (Å²) in [6.07, 6.45) is 1.78. The standard InChI is InChI=1S/C24H27ClN4O4/c1-31-20-10-9-16(12-21(20)32-2)23-27-22(33-28-23)15-29-11-5-7-18(14-29)24(30)26-13-17-6-3-4-8-19(17)25/h3-4,6,8-10,12,18H,5,7,11,13-15H2,1-2H3,(H,26,30)/t18-/m0/s1. The van der Waals surface area contributed by atoms with Gasteiger partial charge in [-0.25, -0.2) is 0 Å². The van der Waals surface area contributed by atoms with Gasteiger partial charge in [0, 0.05) is 23.7 Å². The van der Waals surface area contributed by atoms with Gasteiger partial charge >= 0.3 is 0 Å². The van der Waals surface area contributed by atoms with Crippen LogP contribution >= 0.6 is 11.6 Å². The highest BCUT2D eigenvalue weighted by Gasteiger charge is 2.27. The number of methoxy groups -OCH3 is 2. The number of benzene rings is 2. The van der Waals surface area contributed by atoms with Crippen LogP contribution in [-0.2, 0) is 17.9 Å². The third-order valence-electron chi connectivity index (χ3n) is 5.76. The minimum absolute atomic E-state index is 0.0381. The van der Waals surface area contributed by atoms with Crippen molar-refractivity contribution in [2.24, 2.45) is 5.92 Å². The fraction of sp³-hybridized carbons (Fsp3) is 0.375. The molecule has 4 rings (SSSR count). The summed E-state index contributed by atoms with van der Waals surface area (Å²) in [5, 5.41) is 7.78. The van der Waals surface area contributed by atoms with Crippen LogP contribution in [0.2, 0.25) is 5.02 Å². The number of ether oxygens (including phenoxy) is 2. The third kappa shape index (κ3) is 5.64. The smallest absolute Gasteiger partial charge is 0.241 e. The monoisotopic (exact) mass is 470 g/mol. The van der Waals surface area contributed by atoms with Crippen molar-refractivity contribution in [3.8, 4) is 22.9 Å². The SMILES string of the molecule is COc1ccc(-c2noc(CN3CCC[C@H](C(=O)NCc4ccccc4Cl)C3)n2)cc1OC. The zero-order valence-electron chi connectivity index (χ0n) is 18.7. The maximum absolute atomic E-state index is 12.7. The van der Waals surface area contributed by atoms with Crippen LogP contribution in [0.3, 0.4) is 0 Å². The van der Waals surface area contributed by atoms with Crippen molar-refractivity contribution >= 4 is 17.5 Å². The van der Waals surface area contributed by atoms with Gasteiger partial charge in [0.1, 0.15) is 0 Å². The van der Waals surface area contributed by atoms with Crippen LogP contribution in [0.1, 0.15) is 24.3 Å². The normalized spacial score (nSPS) is 16.4. The number of halogens is 1. The lowest BCUT2D eigenvalue weighted by molar-refractivity contribution is -0.127. The Hall–Kier alpha value is -3.10. The summed E-state index contributed by atoms with van der Waals surface area (Å²) in [5.74, 6) is 2.18. The lowest BCUT2D eigenvalue weighted by Crippen LogP contribution is -2.42. The van der Waals surface area contributed by atoms with Crippen molar-refractivity contribution in [1.29, 1.82) is 0 Å². The van der Waals surface area contributed by atoms with E-state index in [2.05, 4.69) is 20.4 Å². The quantitative estimate of drug-likeness (QED) is 0.533. The molecular formula is C24H27ClN4O4. The van der Waals surface area contributed by atoms with Crippen molar-refractivity contribution in [3.63, 3.8) is 0 Å². The molecule has 0 unspecified atom stereocenters. The number of aromatic nitrogens is 2. The van der Waals surface area contributed by atoms with Gasteiger partial charge in [0.05, 0.1) is 26.7 Å². The molecule has 1 amide bonds. The van der Waals surface area contributed by atoms with Gasteiger partial charge < -0.3 is 19.3 Å². The van der Waals surface area contributed by atoms with Crippen molar-refractivity contribution in [3.05, 3.63) is 58.9 Å². The number of hydrogen-bond acceptors (Lipinski definition) is 7. The van der Waals surface area contributed by atoms with Gasteiger partial charge in [-0.2, -0.15) is 4.98 Å². The van der Waals surface area contributed by atoms with Gasteiger partial charge in [0.25, 0.3) is 0 Å². The highest BCUT2D eigenvalue weighted by Crippen LogP contribution is 2.31. The Morgan fingerprint density at radius 1 is 1.21 bits per heavy atom. The molecule has 1 N–H and O–H groups in total. The molecule has 0 saturated carbocycles. The Morgan fingerprint density at radius 2 is 2.03 bits per heavy atom. The second-order valence-corrected chi connectivity index (χ2v) is 8.37. The summed E-state index contributed by atoms with van der Waals surface area (Å²) >= 11 is 6.19. The first-order chi connectivity index (χ1) is 16.1. The lowest BCUT2D eigenvalue weighted by atomic mass is 9.97. The van der Waals surface area contributed by atoms with Crippen molar-refractivity contribution in [2.45, 2.75) is 25.9 Å². The molecule has 1 aliphatic rings. The summed E-state index contributed by atoms with van der Waals surface area (Å²) in [4.78, 5) is 19.4. The Morgan fingerprint density at radius 3 is 2.82 bits per heavy atom. The van der Waals surface area contributed by atoms with Crippen LogP contribution in [0.5, 0.6) is 11.5 Å². The molecule has 0 spiro atoms. The fourth-order valence-electron chi connectivity index (χ4n) is 3.98. The van der Waals surface area contributed by atoms with Crippen LogP contribution in [-0.4, -0.2) is 48.3 Å². The average Bonchev–Trinajstić information content (AvgIpc) is 3.31. The molecule has 1 atom stereocenters. The Bertz CT molecular complexity index is 1100. The van der Waals surface area contributed by atoms with Gasteiger partial charge in [-0.05, 0) is 49.2 Å². The molecule has 2 heterocycles. The number of nitrogens with zero attached hydrogens (tertiary/aromatic N) is 3. The molecule has 1 aromatic heterocycles. The zero-order chi connectivity index (χ0) is 23.2. The third-order valence-corrected chi connectivity index (χ3v) is 6.12. The topological polar surface area (TPSA) is 89.7 Å². The first-order valence-corrected chi connectivity index (χ1v) is 11.2. The number of rotatable bonds is 8. The molecular weight excluding hydrogens is 444 g/mol. The summed E-state index contributed by atoms with van der Waals surface area (Å²) in [6, 6.07) is 13.0. The maximum atomic E-state index is 12.7. The number of carbonyl (C=O) groups is 1. The molecule has 2 aromatic carbocycles. The van der Waals surface area contributed by atoms with Gasteiger partial charge in [-0.3, -0.25) is 9.69 Å². The predicted octanol–water partition coefficient (Wildman–Crippen LogP) is 3.94.